The second kappa shape index (κ2) is 3.68. The van der Waals surface area contributed by atoms with Crippen LogP contribution in [0.25, 0.3) is 0 Å². The number of carbonyl (C=O) groups is 1. The van der Waals surface area contributed by atoms with Crippen LogP contribution in [0.1, 0.15) is 19.8 Å². The van der Waals surface area contributed by atoms with Crippen molar-refractivity contribution in [1.29, 1.82) is 0 Å². The highest BCUT2D eigenvalue weighted by molar-refractivity contribution is 5.80. The molecule has 1 heterocycles. The highest BCUT2D eigenvalue weighted by Gasteiger charge is 2.13. The molecule has 0 N–H and O–H groups in total. The maximum Gasteiger partial charge on any atom is 0.149 e. The minimum Gasteiger partial charge on any atom is -0.299 e. The third kappa shape index (κ3) is 2.08. The second-order valence-electron chi connectivity index (χ2n) is 2.43. The van der Waals surface area contributed by atoms with E-state index >= 15 is 0 Å². The number of likely N-dealkylation sites (N-methyl/N-ethyl adjacent to an activating group) is 1. The number of hydroxylamine groups is 2. The summed E-state index contributed by atoms with van der Waals surface area (Å²) in [5.74, 6) is 0.291. The first-order valence-corrected chi connectivity index (χ1v) is 3.72. The molecule has 1 aliphatic heterocycles. The molecule has 3 heteroatoms. The summed E-state index contributed by atoms with van der Waals surface area (Å²) in [6.07, 6.45) is 1.55. The van der Waals surface area contributed by atoms with Crippen LogP contribution in [0.15, 0.2) is 0 Å². The first-order valence-electron chi connectivity index (χ1n) is 3.72. The van der Waals surface area contributed by atoms with E-state index in [1.54, 1.807) is 5.06 Å². The maximum atomic E-state index is 10.9. The van der Waals surface area contributed by atoms with Gasteiger partial charge in [0, 0.05) is 13.0 Å². The van der Waals surface area contributed by atoms with Crippen molar-refractivity contribution in [3.8, 4) is 0 Å². The Labute approximate surface area is 60.9 Å². The Morgan fingerprint density at radius 2 is 2.50 bits per heavy atom. The second-order valence-corrected chi connectivity index (χ2v) is 2.43. The van der Waals surface area contributed by atoms with Gasteiger partial charge in [-0.25, -0.2) is 0 Å². The van der Waals surface area contributed by atoms with Gasteiger partial charge in [-0.2, -0.15) is 5.06 Å². The summed E-state index contributed by atoms with van der Waals surface area (Å²) in [5, 5.41) is 1.72. The summed E-state index contributed by atoms with van der Waals surface area (Å²) < 4.78 is 0. The minimum atomic E-state index is 0.291. The van der Waals surface area contributed by atoms with E-state index < -0.39 is 0 Å². The van der Waals surface area contributed by atoms with Crippen molar-refractivity contribution in [1.82, 2.24) is 5.06 Å². The van der Waals surface area contributed by atoms with E-state index in [1.807, 2.05) is 6.92 Å². The zero-order chi connectivity index (χ0) is 7.40. The van der Waals surface area contributed by atoms with Crippen LogP contribution in [0.5, 0.6) is 0 Å². The normalized spacial score (nSPS) is 22.7. The standard InChI is InChI=1S/C7H13NO2/c1-2-8-6-7(9)4-3-5-10-8/h2-6H2,1H3. The Hall–Kier alpha value is -0.410. The van der Waals surface area contributed by atoms with Gasteiger partial charge in [-0.15, -0.1) is 0 Å². The molecule has 3 nitrogen and oxygen atoms in total. The van der Waals surface area contributed by atoms with Crippen LogP contribution in [-0.4, -0.2) is 30.5 Å². The topological polar surface area (TPSA) is 29.5 Å². The largest absolute Gasteiger partial charge is 0.299 e. The molecular weight excluding hydrogens is 130 g/mol. The average Bonchev–Trinajstić information content (AvgIpc) is 2.13. The molecular formula is C7H13NO2. The molecule has 1 fully saturated rings. The Morgan fingerprint density at radius 3 is 3.20 bits per heavy atom. The molecule has 58 valence electrons. The highest BCUT2D eigenvalue weighted by Crippen LogP contribution is 2.02. The van der Waals surface area contributed by atoms with Gasteiger partial charge < -0.3 is 0 Å². The lowest BCUT2D eigenvalue weighted by Crippen LogP contribution is -2.27. The molecule has 0 aliphatic carbocycles. The minimum absolute atomic E-state index is 0.291. The molecule has 10 heavy (non-hydrogen) atoms. The summed E-state index contributed by atoms with van der Waals surface area (Å²) in [5.41, 5.74) is 0. The van der Waals surface area contributed by atoms with Gasteiger partial charge in [0.15, 0.2) is 0 Å². The summed E-state index contributed by atoms with van der Waals surface area (Å²) in [6.45, 7) is 3.94. The molecule has 1 aliphatic rings. The summed E-state index contributed by atoms with van der Waals surface area (Å²) in [7, 11) is 0. The monoisotopic (exact) mass is 143 g/mol. The lowest BCUT2D eigenvalue weighted by Gasteiger charge is -2.14. The highest BCUT2D eigenvalue weighted by atomic mass is 16.7. The summed E-state index contributed by atoms with van der Waals surface area (Å²) in [6, 6.07) is 0. The van der Waals surface area contributed by atoms with Crippen LogP contribution < -0.4 is 0 Å². The first-order chi connectivity index (χ1) is 4.83. The van der Waals surface area contributed by atoms with Crippen molar-refractivity contribution in [3.63, 3.8) is 0 Å². The van der Waals surface area contributed by atoms with Gasteiger partial charge in [0.2, 0.25) is 0 Å². The lowest BCUT2D eigenvalue weighted by atomic mass is 10.2. The van der Waals surface area contributed by atoms with Gasteiger partial charge in [0.05, 0.1) is 13.2 Å². The molecule has 0 bridgehead atoms. The van der Waals surface area contributed by atoms with Gasteiger partial charge in [-0.05, 0) is 6.42 Å². The van der Waals surface area contributed by atoms with E-state index in [9.17, 15) is 4.79 Å². The fourth-order valence-electron chi connectivity index (χ4n) is 0.987. The van der Waals surface area contributed by atoms with E-state index in [2.05, 4.69) is 0 Å². The molecule has 0 radical (unpaired) electrons. The fraction of sp³-hybridized carbons (Fsp3) is 0.857. The molecule has 1 rings (SSSR count). The van der Waals surface area contributed by atoms with Gasteiger partial charge in [-0.3, -0.25) is 9.63 Å². The molecule has 0 atom stereocenters. The molecule has 0 spiro atoms. The molecule has 0 saturated carbocycles. The van der Waals surface area contributed by atoms with E-state index in [0.29, 0.717) is 25.4 Å². The summed E-state index contributed by atoms with van der Waals surface area (Å²) >= 11 is 0. The molecule has 0 aromatic carbocycles. The number of carbonyl (C=O) groups excluding carboxylic acids is 1. The Kier molecular flexibility index (Phi) is 2.83. The van der Waals surface area contributed by atoms with Gasteiger partial charge in [0.1, 0.15) is 5.78 Å². The zero-order valence-electron chi connectivity index (χ0n) is 6.30. The van der Waals surface area contributed by atoms with Crippen molar-refractivity contribution >= 4 is 5.78 Å². The average molecular weight is 143 g/mol. The number of Topliss-reactive ketones (excluding diaryl/α,β-unsaturated/α-hetero) is 1. The van der Waals surface area contributed by atoms with Crippen LogP contribution in [0.2, 0.25) is 0 Å². The first kappa shape index (κ1) is 7.69. The fourth-order valence-corrected chi connectivity index (χ4v) is 0.987. The third-order valence-electron chi connectivity index (χ3n) is 1.58. The summed E-state index contributed by atoms with van der Waals surface area (Å²) in [4.78, 5) is 16.2. The maximum absolute atomic E-state index is 10.9. The van der Waals surface area contributed by atoms with Crippen molar-refractivity contribution in [2.75, 3.05) is 19.7 Å². The third-order valence-corrected chi connectivity index (χ3v) is 1.58. The van der Waals surface area contributed by atoms with Gasteiger partial charge in [-0.1, -0.05) is 6.92 Å². The smallest absolute Gasteiger partial charge is 0.149 e. The molecule has 0 aromatic rings. The van der Waals surface area contributed by atoms with Crippen LogP contribution in [0, 0.1) is 0 Å². The zero-order valence-corrected chi connectivity index (χ0v) is 6.30. The van der Waals surface area contributed by atoms with E-state index in [4.69, 9.17) is 4.84 Å². The Balaban J connectivity index is 2.38. The van der Waals surface area contributed by atoms with Crippen molar-refractivity contribution in [3.05, 3.63) is 0 Å². The van der Waals surface area contributed by atoms with Gasteiger partial charge in [0.25, 0.3) is 0 Å². The number of hydrogen-bond acceptors (Lipinski definition) is 3. The predicted octanol–water partition coefficient (Wildman–Crippen LogP) is 0.603. The molecule has 0 unspecified atom stereocenters. The van der Waals surface area contributed by atoms with Crippen LogP contribution in [-0.2, 0) is 9.63 Å². The lowest BCUT2D eigenvalue weighted by molar-refractivity contribution is -0.155. The van der Waals surface area contributed by atoms with Crippen LogP contribution in [0.4, 0.5) is 0 Å². The number of nitrogens with zero attached hydrogens (tertiary/aromatic N) is 1. The van der Waals surface area contributed by atoms with Crippen LogP contribution >= 0.6 is 0 Å². The van der Waals surface area contributed by atoms with Crippen molar-refractivity contribution in [2.45, 2.75) is 19.8 Å². The van der Waals surface area contributed by atoms with E-state index in [-0.39, 0.29) is 0 Å². The van der Waals surface area contributed by atoms with Crippen LogP contribution in [0.3, 0.4) is 0 Å². The molecule has 1 saturated heterocycles. The SMILES string of the molecule is CCN1CC(=O)CCCO1. The number of hydrogen-bond donors (Lipinski definition) is 0. The van der Waals surface area contributed by atoms with Crippen molar-refractivity contribution < 1.29 is 9.63 Å². The van der Waals surface area contributed by atoms with E-state index in [0.717, 1.165) is 13.0 Å². The van der Waals surface area contributed by atoms with Gasteiger partial charge >= 0.3 is 0 Å². The Morgan fingerprint density at radius 1 is 1.70 bits per heavy atom. The Bertz CT molecular complexity index is 125. The molecule has 0 aromatic heterocycles. The molecule has 0 amide bonds. The number of ketones is 1. The van der Waals surface area contributed by atoms with E-state index in [1.165, 1.54) is 0 Å². The van der Waals surface area contributed by atoms with Crippen molar-refractivity contribution in [2.24, 2.45) is 0 Å². The quantitative estimate of drug-likeness (QED) is 0.538. The number of rotatable bonds is 1. The predicted molar refractivity (Wildman–Crippen MR) is 37.4 cm³/mol.